The Hall–Kier alpha value is -2.76. The number of nitrogens with zero attached hydrogens (tertiary/aromatic N) is 3. The first-order chi connectivity index (χ1) is 12.6. The number of pyridine rings is 1. The summed E-state index contributed by atoms with van der Waals surface area (Å²) >= 11 is 0. The van der Waals surface area contributed by atoms with Crippen LogP contribution in [0.4, 0.5) is 11.5 Å². The molecule has 138 valence electrons. The first-order valence-electron chi connectivity index (χ1n) is 8.88. The van der Waals surface area contributed by atoms with Gasteiger partial charge in [0.05, 0.1) is 18.4 Å². The van der Waals surface area contributed by atoms with Crippen LogP contribution in [0.15, 0.2) is 42.6 Å². The summed E-state index contributed by atoms with van der Waals surface area (Å²) in [6.45, 7) is 2.88. The van der Waals surface area contributed by atoms with E-state index in [2.05, 4.69) is 21.3 Å². The minimum absolute atomic E-state index is 0.0349. The summed E-state index contributed by atoms with van der Waals surface area (Å²) < 4.78 is 5.47. The van der Waals surface area contributed by atoms with Crippen LogP contribution in [0.2, 0.25) is 0 Å². The second-order valence-electron chi connectivity index (χ2n) is 6.79. The zero-order chi connectivity index (χ0) is 18.5. The van der Waals surface area contributed by atoms with Crippen molar-refractivity contribution in [2.75, 3.05) is 51.1 Å². The molecule has 0 bridgehead atoms. The average Bonchev–Trinajstić information content (AvgIpc) is 3.15. The molecule has 6 nitrogen and oxygen atoms in total. The number of hydrogen-bond donors (Lipinski definition) is 1. The maximum absolute atomic E-state index is 11.9. The number of carbonyl (C=O) groups excluding carboxylic acids is 1. The number of benzene rings is 1. The van der Waals surface area contributed by atoms with Crippen LogP contribution in [0.5, 0.6) is 5.75 Å². The van der Waals surface area contributed by atoms with E-state index >= 15 is 0 Å². The number of amides is 1. The first-order valence-corrected chi connectivity index (χ1v) is 8.88. The van der Waals surface area contributed by atoms with Crippen LogP contribution >= 0.6 is 0 Å². The largest absolute Gasteiger partial charge is 0.495 e. The topological polar surface area (TPSA) is 57.7 Å². The normalized spacial score (nSPS) is 16.4. The number of methoxy groups -OCH3 is 1. The fraction of sp³-hybridized carbons (Fsp3) is 0.400. The molecule has 0 saturated carbocycles. The van der Waals surface area contributed by atoms with Gasteiger partial charge in [0.1, 0.15) is 11.6 Å². The lowest BCUT2D eigenvalue weighted by molar-refractivity contribution is 0.0827. The molecule has 1 aliphatic heterocycles. The first kappa shape index (κ1) is 18.0. The summed E-state index contributed by atoms with van der Waals surface area (Å²) in [6.07, 6.45) is 2.75. The number of para-hydroxylation sites is 2. The third-order valence-corrected chi connectivity index (χ3v) is 4.70. The van der Waals surface area contributed by atoms with Crippen molar-refractivity contribution in [2.45, 2.75) is 6.42 Å². The highest BCUT2D eigenvalue weighted by Gasteiger charge is 2.24. The van der Waals surface area contributed by atoms with Gasteiger partial charge in [-0.15, -0.1) is 0 Å². The third kappa shape index (κ3) is 4.07. The standard InChI is InChI=1S/C20H26N4O2/c1-23(2)20(25)16-8-9-19(22-13-16)21-12-15-10-11-24(14-15)17-6-4-5-7-18(17)26-3/h4-9,13,15H,10-12,14H2,1-3H3,(H,21,22). The van der Waals surface area contributed by atoms with E-state index in [9.17, 15) is 4.79 Å². The molecule has 1 N–H and O–H groups in total. The van der Waals surface area contributed by atoms with Crippen molar-refractivity contribution in [1.82, 2.24) is 9.88 Å². The van der Waals surface area contributed by atoms with Crippen LogP contribution in [-0.4, -0.2) is 56.6 Å². The molecule has 2 heterocycles. The van der Waals surface area contributed by atoms with Crippen LogP contribution in [0.3, 0.4) is 0 Å². The van der Waals surface area contributed by atoms with Gasteiger partial charge in [0.2, 0.25) is 0 Å². The minimum Gasteiger partial charge on any atom is -0.495 e. The average molecular weight is 354 g/mol. The number of anilines is 2. The molecule has 1 aromatic heterocycles. The quantitative estimate of drug-likeness (QED) is 0.864. The van der Waals surface area contributed by atoms with Crippen molar-refractivity contribution < 1.29 is 9.53 Å². The summed E-state index contributed by atoms with van der Waals surface area (Å²) in [5, 5.41) is 3.39. The summed E-state index contributed by atoms with van der Waals surface area (Å²) in [7, 11) is 5.19. The number of hydrogen-bond acceptors (Lipinski definition) is 5. The Kier molecular flexibility index (Phi) is 5.61. The zero-order valence-electron chi connectivity index (χ0n) is 15.6. The van der Waals surface area contributed by atoms with Crippen LogP contribution in [0, 0.1) is 5.92 Å². The second-order valence-corrected chi connectivity index (χ2v) is 6.79. The third-order valence-electron chi connectivity index (χ3n) is 4.70. The molecule has 1 aliphatic rings. The fourth-order valence-corrected chi connectivity index (χ4v) is 3.24. The predicted molar refractivity (Wildman–Crippen MR) is 104 cm³/mol. The highest BCUT2D eigenvalue weighted by molar-refractivity contribution is 5.93. The van der Waals surface area contributed by atoms with Gasteiger partial charge >= 0.3 is 0 Å². The Morgan fingerprint density at radius 3 is 2.81 bits per heavy atom. The molecule has 1 aromatic carbocycles. The summed E-state index contributed by atoms with van der Waals surface area (Å²) in [5.41, 5.74) is 1.76. The molecule has 1 fully saturated rings. The summed E-state index contributed by atoms with van der Waals surface area (Å²) in [4.78, 5) is 20.2. The summed E-state index contributed by atoms with van der Waals surface area (Å²) in [6, 6.07) is 11.8. The molecule has 1 unspecified atom stereocenters. The van der Waals surface area contributed by atoms with Crippen molar-refractivity contribution in [3.8, 4) is 5.75 Å². The molecule has 0 radical (unpaired) electrons. The Balaban J connectivity index is 1.54. The van der Waals surface area contributed by atoms with Crippen molar-refractivity contribution in [3.05, 3.63) is 48.2 Å². The molecular weight excluding hydrogens is 328 g/mol. The Morgan fingerprint density at radius 1 is 1.31 bits per heavy atom. The van der Waals surface area contributed by atoms with Gasteiger partial charge in [-0.2, -0.15) is 0 Å². The molecular formula is C20H26N4O2. The molecule has 0 spiro atoms. The molecule has 6 heteroatoms. The fourth-order valence-electron chi connectivity index (χ4n) is 3.24. The number of nitrogens with one attached hydrogen (secondary N) is 1. The van der Waals surface area contributed by atoms with E-state index in [-0.39, 0.29) is 5.91 Å². The molecule has 3 rings (SSSR count). The zero-order valence-corrected chi connectivity index (χ0v) is 15.6. The maximum Gasteiger partial charge on any atom is 0.254 e. The minimum atomic E-state index is -0.0349. The van der Waals surface area contributed by atoms with E-state index in [1.165, 1.54) is 0 Å². The van der Waals surface area contributed by atoms with E-state index in [4.69, 9.17) is 4.74 Å². The number of aromatic nitrogens is 1. The maximum atomic E-state index is 11.9. The number of carbonyl (C=O) groups is 1. The van der Waals surface area contributed by atoms with E-state index in [1.54, 1.807) is 32.3 Å². The summed E-state index contributed by atoms with van der Waals surface area (Å²) in [5.74, 6) is 2.23. The lowest BCUT2D eigenvalue weighted by atomic mass is 10.1. The highest BCUT2D eigenvalue weighted by Crippen LogP contribution is 2.31. The van der Waals surface area contributed by atoms with Gasteiger partial charge in [-0.1, -0.05) is 12.1 Å². The van der Waals surface area contributed by atoms with E-state index in [0.29, 0.717) is 11.5 Å². The van der Waals surface area contributed by atoms with Gasteiger partial charge in [-0.05, 0) is 36.6 Å². The van der Waals surface area contributed by atoms with Gasteiger partial charge in [0.15, 0.2) is 0 Å². The van der Waals surface area contributed by atoms with Crippen LogP contribution in [0.1, 0.15) is 16.8 Å². The number of ether oxygens (including phenoxy) is 1. The van der Waals surface area contributed by atoms with Gasteiger partial charge in [-0.3, -0.25) is 4.79 Å². The highest BCUT2D eigenvalue weighted by atomic mass is 16.5. The van der Waals surface area contributed by atoms with Gasteiger partial charge < -0.3 is 19.9 Å². The van der Waals surface area contributed by atoms with Crippen LogP contribution in [0.25, 0.3) is 0 Å². The van der Waals surface area contributed by atoms with Gasteiger partial charge in [0.25, 0.3) is 5.91 Å². The second kappa shape index (κ2) is 8.08. The van der Waals surface area contributed by atoms with Gasteiger partial charge in [0, 0.05) is 39.9 Å². The molecule has 0 aliphatic carbocycles. The smallest absolute Gasteiger partial charge is 0.254 e. The van der Waals surface area contributed by atoms with E-state index in [1.807, 2.05) is 30.3 Å². The molecule has 1 amide bonds. The van der Waals surface area contributed by atoms with Crippen LogP contribution < -0.4 is 15.0 Å². The van der Waals surface area contributed by atoms with E-state index < -0.39 is 0 Å². The van der Waals surface area contributed by atoms with Crippen molar-refractivity contribution in [1.29, 1.82) is 0 Å². The lowest BCUT2D eigenvalue weighted by Gasteiger charge is -2.21. The molecule has 1 saturated heterocycles. The monoisotopic (exact) mass is 354 g/mol. The predicted octanol–water partition coefficient (Wildman–Crippen LogP) is 2.73. The van der Waals surface area contributed by atoms with Crippen molar-refractivity contribution in [3.63, 3.8) is 0 Å². The SMILES string of the molecule is COc1ccccc1N1CCC(CNc2ccc(C(=O)N(C)C)cn2)C1. The van der Waals surface area contributed by atoms with Crippen LogP contribution in [-0.2, 0) is 0 Å². The Labute approximate surface area is 154 Å². The number of rotatable bonds is 6. The molecule has 26 heavy (non-hydrogen) atoms. The Morgan fingerprint density at radius 2 is 2.12 bits per heavy atom. The lowest BCUT2D eigenvalue weighted by Crippen LogP contribution is -2.23. The Bertz CT molecular complexity index is 746. The molecule has 2 aromatic rings. The van der Waals surface area contributed by atoms with Crippen molar-refractivity contribution in [2.24, 2.45) is 5.92 Å². The molecule has 1 atom stereocenters. The van der Waals surface area contributed by atoms with E-state index in [0.717, 1.165) is 43.3 Å². The van der Waals surface area contributed by atoms with Crippen molar-refractivity contribution >= 4 is 17.4 Å². The van der Waals surface area contributed by atoms with Gasteiger partial charge in [-0.25, -0.2) is 4.98 Å².